The van der Waals surface area contributed by atoms with Crippen LogP contribution in [0.25, 0.3) is 0 Å². The largest absolute Gasteiger partial charge is 0.389 e. The van der Waals surface area contributed by atoms with E-state index in [0.29, 0.717) is 0 Å². The van der Waals surface area contributed by atoms with Gasteiger partial charge in [-0.1, -0.05) is 0 Å². The SMILES string of the molecule is NC1(CNC(=O)CCC(F)(F)F)CCC1. The number of halogens is 3. The van der Waals surface area contributed by atoms with Gasteiger partial charge in [0.1, 0.15) is 0 Å². The molecule has 15 heavy (non-hydrogen) atoms. The molecule has 3 N–H and O–H groups in total. The molecule has 1 saturated carbocycles. The maximum atomic E-state index is 11.8. The smallest absolute Gasteiger partial charge is 0.354 e. The second-order valence-electron chi connectivity index (χ2n) is 4.11. The fourth-order valence-electron chi connectivity index (χ4n) is 1.43. The average molecular weight is 224 g/mol. The van der Waals surface area contributed by atoms with Crippen molar-refractivity contribution in [1.29, 1.82) is 0 Å². The number of nitrogens with one attached hydrogen (secondary N) is 1. The summed E-state index contributed by atoms with van der Waals surface area (Å²) in [5, 5.41) is 2.43. The summed E-state index contributed by atoms with van der Waals surface area (Å²) in [4.78, 5) is 11.0. The van der Waals surface area contributed by atoms with E-state index in [1.54, 1.807) is 0 Å². The van der Waals surface area contributed by atoms with E-state index in [2.05, 4.69) is 5.32 Å². The Hall–Kier alpha value is -0.780. The van der Waals surface area contributed by atoms with Crippen molar-refractivity contribution in [3.05, 3.63) is 0 Å². The quantitative estimate of drug-likeness (QED) is 0.756. The molecule has 0 saturated heterocycles. The third-order valence-corrected chi connectivity index (χ3v) is 2.62. The van der Waals surface area contributed by atoms with Gasteiger partial charge < -0.3 is 11.1 Å². The summed E-state index contributed by atoms with van der Waals surface area (Å²) in [6, 6.07) is 0. The lowest BCUT2D eigenvalue weighted by Gasteiger charge is -2.38. The van der Waals surface area contributed by atoms with Gasteiger partial charge in [-0.3, -0.25) is 4.79 Å². The van der Waals surface area contributed by atoms with Gasteiger partial charge in [0, 0.05) is 18.5 Å². The molecule has 0 aliphatic heterocycles. The summed E-state index contributed by atoms with van der Waals surface area (Å²) in [5.74, 6) is -0.580. The number of carbonyl (C=O) groups excluding carboxylic acids is 1. The summed E-state index contributed by atoms with van der Waals surface area (Å²) in [6.45, 7) is 0.281. The van der Waals surface area contributed by atoms with Crippen LogP contribution in [-0.4, -0.2) is 24.2 Å². The van der Waals surface area contributed by atoms with Crippen molar-refractivity contribution in [3.8, 4) is 0 Å². The van der Waals surface area contributed by atoms with Gasteiger partial charge in [-0.2, -0.15) is 13.2 Å². The van der Waals surface area contributed by atoms with E-state index in [-0.39, 0.29) is 12.1 Å². The van der Waals surface area contributed by atoms with Crippen molar-refractivity contribution in [2.75, 3.05) is 6.54 Å². The van der Waals surface area contributed by atoms with Gasteiger partial charge >= 0.3 is 6.18 Å². The molecule has 0 atom stereocenters. The van der Waals surface area contributed by atoms with Gasteiger partial charge in [0.05, 0.1) is 6.42 Å². The highest BCUT2D eigenvalue weighted by Crippen LogP contribution is 2.28. The molecule has 0 aromatic rings. The van der Waals surface area contributed by atoms with Crippen molar-refractivity contribution in [2.24, 2.45) is 5.73 Å². The third kappa shape index (κ3) is 4.51. The Morgan fingerprint density at radius 2 is 2.00 bits per heavy atom. The second kappa shape index (κ2) is 4.38. The van der Waals surface area contributed by atoms with Gasteiger partial charge in [0.2, 0.25) is 5.91 Å². The van der Waals surface area contributed by atoms with E-state index < -0.39 is 24.9 Å². The van der Waals surface area contributed by atoms with Gasteiger partial charge in [-0.15, -0.1) is 0 Å². The van der Waals surface area contributed by atoms with Crippen LogP contribution >= 0.6 is 0 Å². The first kappa shape index (κ1) is 12.3. The predicted molar refractivity (Wildman–Crippen MR) is 49.1 cm³/mol. The summed E-state index contributed by atoms with van der Waals surface area (Å²) >= 11 is 0. The molecular weight excluding hydrogens is 209 g/mol. The van der Waals surface area contributed by atoms with Crippen molar-refractivity contribution in [3.63, 3.8) is 0 Å². The molecule has 0 bridgehead atoms. The molecule has 3 nitrogen and oxygen atoms in total. The molecule has 0 aromatic heterocycles. The van der Waals surface area contributed by atoms with Crippen LogP contribution < -0.4 is 11.1 Å². The maximum absolute atomic E-state index is 11.8. The van der Waals surface area contributed by atoms with Crippen LogP contribution in [0.4, 0.5) is 13.2 Å². The van der Waals surface area contributed by atoms with E-state index in [9.17, 15) is 18.0 Å². The summed E-state index contributed by atoms with van der Waals surface area (Å²) in [7, 11) is 0. The molecule has 0 heterocycles. The van der Waals surface area contributed by atoms with Gasteiger partial charge in [0.25, 0.3) is 0 Å². The molecule has 0 aromatic carbocycles. The number of amides is 1. The van der Waals surface area contributed by atoms with E-state index in [4.69, 9.17) is 5.73 Å². The zero-order chi connectivity index (χ0) is 11.5. The van der Waals surface area contributed by atoms with Gasteiger partial charge in [-0.05, 0) is 19.3 Å². The number of alkyl halides is 3. The Labute approximate surface area is 86.2 Å². The maximum Gasteiger partial charge on any atom is 0.389 e. The minimum absolute atomic E-state index is 0.281. The van der Waals surface area contributed by atoms with Crippen LogP contribution in [0.15, 0.2) is 0 Å². The predicted octanol–water partition coefficient (Wildman–Crippen LogP) is 1.33. The number of hydrogen-bond donors (Lipinski definition) is 2. The lowest BCUT2D eigenvalue weighted by molar-refractivity contribution is -0.144. The van der Waals surface area contributed by atoms with Crippen LogP contribution in [0.5, 0.6) is 0 Å². The van der Waals surface area contributed by atoms with Crippen molar-refractivity contribution < 1.29 is 18.0 Å². The highest BCUT2D eigenvalue weighted by Gasteiger charge is 2.33. The summed E-state index contributed by atoms with van der Waals surface area (Å²) in [6.07, 6.45) is -3.18. The van der Waals surface area contributed by atoms with Crippen LogP contribution in [0.2, 0.25) is 0 Å². The van der Waals surface area contributed by atoms with E-state index in [0.717, 1.165) is 19.3 Å². The van der Waals surface area contributed by atoms with Crippen LogP contribution in [-0.2, 0) is 4.79 Å². The molecule has 1 amide bonds. The Morgan fingerprint density at radius 1 is 1.40 bits per heavy atom. The number of nitrogens with two attached hydrogens (primary N) is 1. The van der Waals surface area contributed by atoms with Crippen molar-refractivity contribution in [1.82, 2.24) is 5.32 Å². The Balaban J connectivity index is 2.14. The molecule has 0 radical (unpaired) electrons. The molecule has 6 heteroatoms. The van der Waals surface area contributed by atoms with Crippen molar-refractivity contribution >= 4 is 5.91 Å². The first-order chi connectivity index (χ1) is 6.81. The lowest BCUT2D eigenvalue weighted by Crippen LogP contribution is -2.54. The monoisotopic (exact) mass is 224 g/mol. The molecule has 88 valence electrons. The minimum Gasteiger partial charge on any atom is -0.354 e. The Kier molecular flexibility index (Phi) is 3.59. The van der Waals surface area contributed by atoms with Crippen LogP contribution in [0.1, 0.15) is 32.1 Å². The number of hydrogen-bond acceptors (Lipinski definition) is 2. The topological polar surface area (TPSA) is 55.1 Å². The first-order valence-electron chi connectivity index (χ1n) is 4.93. The first-order valence-corrected chi connectivity index (χ1v) is 4.93. The summed E-state index contributed by atoms with van der Waals surface area (Å²) in [5.41, 5.74) is 5.42. The van der Waals surface area contributed by atoms with Crippen LogP contribution in [0, 0.1) is 0 Å². The highest BCUT2D eigenvalue weighted by molar-refractivity contribution is 5.76. The zero-order valence-electron chi connectivity index (χ0n) is 8.36. The normalized spacial score (nSPS) is 19.5. The van der Waals surface area contributed by atoms with E-state index in [1.165, 1.54) is 0 Å². The van der Waals surface area contributed by atoms with E-state index in [1.807, 2.05) is 0 Å². The minimum atomic E-state index is -4.27. The van der Waals surface area contributed by atoms with Crippen LogP contribution in [0.3, 0.4) is 0 Å². The highest BCUT2D eigenvalue weighted by atomic mass is 19.4. The molecular formula is C9H15F3N2O. The number of rotatable bonds is 4. The fraction of sp³-hybridized carbons (Fsp3) is 0.889. The van der Waals surface area contributed by atoms with Gasteiger partial charge in [-0.25, -0.2) is 0 Å². The molecule has 0 spiro atoms. The average Bonchev–Trinajstić information content (AvgIpc) is 2.07. The lowest BCUT2D eigenvalue weighted by atomic mass is 9.78. The molecule has 1 rings (SSSR count). The summed E-state index contributed by atoms with van der Waals surface area (Å²) < 4.78 is 35.3. The Morgan fingerprint density at radius 3 is 2.40 bits per heavy atom. The molecule has 1 aliphatic rings. The van der Waals surface area contributed by atoms with Gasteiger partial charge in [0.15, 0.2) is 0 Å². The standard InChI is InChI=1S/C9H15F3N2O/c10-9(11,12)5-2-7(15)14-6-8(13)3-1-4-8/h1-6,13H2,(H,14,15). The number of carbonyl (C=O) groups is 1. The molecule has 0 unspecified atom stereocenters. The fourth-order valence-corrected chi connectivity index (χ4v) is 1.43. The third-order valence-electron chi connectivity index (χ3n) is 2.62. The zero-order valence-corrected chi connectivity index (χ0v) is 8.36. The second-order valence-corrected chi connectivity index (χ2v) is 4.11. The Bertz CT molecular complexity index is 236. The van der Waals surface area contributed by atoms with E-state index >= 15 is 0 Å². The van der Waals surface area contributed by atoms with Crippen molar-refractivity contribution in [2.45, 2.75) is 43.8 Å². The molecule has 1 aliphatic carbocycles. The molecule has 1 fully saturated rings.